The van der Waals surface area contributed by atoms with Gasteiger partial charge in [-0.1, -0.05) is 18.2 Å². The molecule has 1 aliphatic heterocycles. The van der Waals surface area contributed by atoms with Crippen LogP contribution in [0.25, 0.3) is 0 Å². The summed E-state index contributed by atoms with van der Waals surface area (Å²) in [5.74, 6) is -0.657. The molecule has 2 aliphatic rings. The summed E-state index contributed by atoms with van der Waals surface area (Å²) >= 11 is 0. The van der Waals surface area contributed by atoms with Crippen molar-refractivity contribution in [3.8, 4) is 0 Å². The molecule has 138 valence electrons. The second-order valence-electron chi connectivity index (χ2n) is 7.34. The first kappa shape index (κ1) is 17.5. The Labute approximate surface area is 158 Å². The van der Waals surface area contributed by atoms with E-state index in [9.17, 15) is 14.4 Å². The Morgan fingerprint density at radius 1 is 1.07 bits per heavy atom. The molecule has 0 spiro atoms. The van der Waals surface area contributed by atoms with Crippen molar-refractivity contribution in [3.63, 3.8) is 0 Å². The zero-order chi connectivity index (χ0) is 19.0. The number of hydrogen-bond donors (Lipinski definition) is 1. The fraction of sp³-hybridized carbons (Fsp3) is 0.318. The quantitative estimate of drug-likeness (QED) is 0.848. The third kappa shape index (κ3) is 3.50. The topological polar surface area (TPSA) is 66.5 Å². The van der Waals surface area contributed by atoms with Gasteiger partial charge in [0.05, 0.1) is 5.92 Å². The number of nitrogens with one attached hydrogen (secondary N) is 1. The number of benzene rings is 2. The van der Waals surface area contributed by atoms with Crippen molar-refractivity contribution in [2.75, 3.05) is 16.8 Å². The van der Waals surface area contributed by atoms with Crippen LogP contribution in [-0.4, -0.2) is 24.1 Å². The van der Waals surface area contributed by atoms with E-state index >= 15 is 0 Å². The lowest BCUT2D eigenvalue weighted by Crippen LogP contribution is -2.28. The molecular formula is C22H22N2O3. The summed E-state index contributed by atoms with van der Waals surface area (Å²) in [6, 6.07) is 13.0. The molecule has 0 bridgehead atoms. The number of rotatable bonds is 4. The zero-order valence-corrected chi connectivity index (χ0v) is 15.3. The maximum absolute atomic E-state index is 12.6. The molecule has 5 nitrogen and oxygen atoms in total. The minimum Gasteiger partial charge on any atom is -0.326 e. The van der Waals surface area contributed by atoms with Gasteiger partial charge in [-0.15, -0.1) is 0 Å². The minimum absolute atomic E-state index is 0.0226. The van der Waals surface area contributed by atoms with Crippen LogP contribution in [0.3, 0.4) is 0 Å². The predicted molar refractivity (Wildman–Crippen MR) is 104 cm³/mol. The van der Waals surface area contributed by atoms with Crippen LogP contribution in [0, 0.1) is 5.92 Å². The number of amides is 2. The van der Waals surface area contributed by atoms with Gasteiger partial charge < -0.3 is 10.2 Å². The highest BCUT2D eigenvalue weighted by molar-refractivity contribution is 6.04. The number of carbonyl (C=O) groups excluding carboxylic acids is 3. The highest BCUT2D eigenvalue weighted by Gasteiger charge is 2.35. The number of ketones is 1. The number of Topliss-reactive ketones (excluding diaryl/α,β-unsaturated/α-hetero) is 1. The normalized spacial score (nSPS) is 18.5. The molecule has 0 radical (unpaired) electrons. The van der Waals surface area contributed by atoms with Crippen molar-refractivity contribution in [2.45, 2.75) is 32.6 Å². The molecule has 1 aliphatic carbocycles. The monoisotopic (exact) mass is 362 g/mol. The van der Waals surface area contributed by atoms with Crippen LogP contribution in [0.4, 0.5) is 11.4 Å². The summed E-state index contributed by atoms with van der Waals surface area (Å²) in [7, 11) is 0. The standard InChI is InChI=1S/C22H22N2O3/c1-14(25)16-5-3-7-19(10-16)23-22(27)18-12-21(26)24(13-18)20-9-8-15-4-2-6-17(15)11-20/h3,5,7-11,18H,2,4,6,12-13H2,1H3,(H,23,27). The summed E-state index contributed by atoms with van der Waals surface area (Å²) in [5, 5.41) is 2.84. The molecule has 0 saturated carbocycles. The van der Waals surface area contributed by atoms with Gasteiger partial charge in [0.15, 0.2) is 5.78 Å². The molecule has 1 saturated heterocycles. The van der Waals surface area contributed by atoms with Gasteiger partial charge in [-0.2, -0.15) is 0 Å². The lowest BCUT2D eigenvalue weighted by atomic mass is 10.1. The molecule has 27 heavy (non-hydrogen) atoms. The van der Waals surface area contributed by atoms with Crippen LogP contribution in [0.15, 0.2) is 42.5 Å². The largest absolute Gasteiger partial charge is 0.326 e. The number of aryl methyl sites for hydroxylation is 2. The van der Waals surface area contributed by atoms with E-state index in [-0.39, 0.29) is 24.0 Å². The molecule has 2 aromatic rings. The summed E-state index contributed by atoms with van der Waals surface area (Å²) in [4.78, 5) is 38.3. The van der Waals surface area contributed by atoms with E-state index in [1.807, 2.05) is 6.07 Å². The summed E-state index contributed by atoms with van der Waals surface area (Å²) in [5.41, 5.74) is 4.69. The fourth-order valence-corrected chi connectivity index (χ4v) is 3.92. The average molecular weight is 362 g/mol. The van der Waals surface area contributed by atoms with Crippen LogP contribution >= 0.6 is 0 Å². The maximum Gasteiger partial charge on any atom is 0.229 e. The van der Waals surface area contributed by atoms with Gasteiger partial charge in [0.25, 0.3) is 0 Å². The van der Waals surface area contributed by atoms with E-state index in [0.717, 1.165) is 24.9 Å². The van der Waals surface area contributed by atoms with Gasteiger partial charge in [-0.05, 0) is 61.6 Å². The Bertz CT molecular complexity index is 935. The summed E-state index contributed by atoms with van der Waals surface area (Å²) < 4.78 is 0. The van der Waals surface area contributed by atoms with E-state index in [4.69, 9.17) is 0 Å². The Hall–Kier alpha value is -2.95. The molecule has 2 amide bonds. The number of fused-ring (bicyclic) bond motifs is 1. The summed E-state index contributed by atoms with van der Waals surface area (Å²) in [6.07, 6.45) is 3.53. The van der Waals surface area contributed by atoms with Crippen LogP contribution in [0.1, 0.15) is 41.3 Å². The molecule has 4 rings (SSSR count). The van der Waals surface area contributed by atoms with E-state index < -0.39 is 5.92 Å². The first-order valence-electron chi connectivity index (χ1n) is 9.35. The third-order valence-corrected chi connectivity index (χ3v) is 5.43. The Morgan fingerprint density at radius 3 is 2.70 bits per heavy atom. The van der Waals surface area contributed by atoms with E-state index in [1.54, 1.807) is 29.2 Å². The number of anilines is 2. The number of nitrogens with zero attached hydrogens (tertiary/aromatic N) is 1. The minimum atomic E-state index is -0.397. The first-order valence-corrected chi connectivity index (χ1v) is 9.35. The van der Waals surface area contributed by atoms with Crippen molar-refractivity contribution in [2.24, 2.45) is 5.92 Å². The number of hydrogen-bond acceptors (Lipinski definition) is 3. The Balaban J connectivity index is 1.46. The van der Waals surface area contributed by atoms with Gasteiger partial charge in [0, 0.05) is 29.9 Å². The predicted octanol–water partition coefficient (Wildman–Crippen LogP) is 3.37. The molecule has 1 N–H and O–H groups in total. The van der Waals surface area contributed by atoms with Crippen LogP contribution in [-0.2, 0) is 22.4 Å². The molecule has 0 aromatic heterocycles. The lowest BCUT2D eigenvalue weighted by molar-refractivity contribution is -0.122. The molecule has 1 heterocycles. The summed E-state index contributed by atoms with van der Waals surface area (Å²) in [6.45, 7) is 1.88. The van der Waals surface area contributed by atoms with Gasteiger partial charge >= 0.3 is 0 Å². The zero-order valence-electron chi connectivity index (χ0n) is 15.3. The van der Waals surface area contributed by atoms with Crippen LogP contribution in [0.5, 0.6) is 0 Å². The SMILES string of the molecule is CC(=O)c1cccc(NC(=O)C2CC(=O)N(c3ccc4c(c3)CCC4)C2)c1. The molecule has 1 fully saturated rings. The molecule has 1 unspecified atom stereocenters. The van der Waals surface area contributed by atoms with E-state index in [2.05, 4.69) is 17.4 Å². The smallest absolute Gasteiger partial charge is 0.229 e. The molecular weight excluding hydrogens is 340 g/mol. The van der Waals surface area contributed by atoms with Gasteiger partial charge in [-0.3, -0.25) is 14.4 Å². The van der Waals surface area contributed by atoms with Crippen molar-refractivity contribution in [1.29, 1.82) is 0 Å². The third-order valence-electron chi connectivity index (χ3n) is 5.43. The van der Waals surface area contributed by atoms with E-state index in [0.29, 0.717) is 17.8 Å². The molecule has 1 atom stereocenters. The maximum atomic E-state index is 12.6. The second-order valence-corrected chi connectivity index (χ2v) is 7.34. The number of carbonyl (C=O) groups is 3. The Morgan fingerprint density at radius 2 is 1.89 bits per heavy atom. The van der Waals surface area contributed by atoms with Crippen molar-refractivity contribution in [1.82, 2.24) is 0 Å². The van der Waals surface area contributed by atoms with Crippen LogP contribution < -0.4 is 10.2 Å². The first-order chi connectivity index (χ1) is 13.0. The Kier molecular flexibility index (Phi) is 4.52. The van der Waals surface area contributed by atoms with E-state index in [1.165, 1.54) is 18.1 Å². The van der Waals surface area contributed by atoms with Gasteiger partial charge in [0.1, 0.15) is 0 Å². The average Bonchev–Trinajstić information content (AvgIpc) is 3.27. The van der Waals surface area contributed by atoms with Crippen molar-refractivity contribution in [3.05, 3.63) is 59.2 Å². The van der Waals surface area contributed by atoms with Gasteiger partial charge in [-0.25, -0.2) is 0 Å². The van der Waals surface area contributed by atoms with Crippen LogP contribution in [0.2, 0.25) is 0 Å². The second kappa shape index (κ2) is 6.99. The molecule has 2 aromatic carbocycles. The lowest BCUT2D eigenvalue weighted by Gasteiger charge is -2.18. The molecule has 5 heteroatoms. The fourth-order valence-electron chi connectivity index (χ4n) is 3.92. The van der Waals surface area contributed by atoms with Crippen molar-refractivity contribution < 1.29 is 14.4 Å². The van der Waals surface area contributed by atoms with Gasteiger partial charge in [0.2, 0.25) is 11.8 Å². The van der Waals surface area contributed by atoms with Crippen molar-refractivity contribution >= 4 is 29.0 Å². The highest BCUT2D eigenvalue weighted by Crippen LogP contribution is 2.31. The highest BCUT2D eigenvalue weighted by atomic mass is 16.2.